The Balaban J connectivity index is 1.74. The van der Waals surface area contributed by atoms with Gasteiger partial charge in [0.1, 0.15) is 6.17 Å². The van der Waals surface area contributed by atoms with E-state index in [2.05, 4.69) is 36.2 Å². The average molecular weight is 293 g/mol. The molecule has 2 aliphatic heterocycles. The van der Waals surface area contributed by atoms with Crippen LogP contribution in [0.4, 0.5) is 0 Å². The fraction of sp³-hybridized carbons (Fsp3) is 0.667. The van der Waals surface area contributed by atoms with Gasteiger partial charge in [-0.1, -0.05) is 6.92 Å². The molecule has 1 N–H and O–H groups in total. The van der Waals surface area contributed by atoms with Gasteiger partial charge in [0, 0.05) is 22.3 Å². The Hall–Kier alpha value is -0.910. The summed E-state index contributed by atoms with van der Waals surface area (Å²) in [6, 6.07) is 4.82. The van der Waals surface area contributed by atoms with Gasteiger partial charge in [-0.25, -0.2) is 0 Å². The van der Waals surface area contributed by atoms with Crippen LogP contribution in [0.3, 0.4) is 0 Å². The van der Waals surface area contributed by atoms with Crippen LogP contribution in [0.15, 0.2) is 12.1 Å². The van der Waals surface area contributed by atoms with Crippen LogP contribution >= 0.6 is 11.3 Å². The van der Waals surface area contributed by atoms with Gasteiger partial charge < -0.3 is 4.90 Å². The lowest BCUT2D eigenvalue weighted by molar-refractivity contribution is -0.128. The number of likely N-dealkylation sites (tertiary alicyclic amines) is 1. The summed E-state index contributed by atoms with van der Waals surface area (Å²) in [5, 5.41) is 3.36. The number of likely N-dealkylation sites (N-methyl/N-ethyl adjacent to an activating group) is 1. The molecule has 2 atom stereocenters. The Morgan fingerprint density at radius 3 is 3.00 bits per heavy atom. The Bertz CT molecular complexity index is 487. The molecule has 1 aromatic rings. The molecule has 0 aliphatic carbocycles. The summed E-state index contributed by atoms with van der Waals surface area (Å²) < 4.78 is 0. The number of nitrogens with one attached hydrogen (secondary N) is 1. The van der Waals surface area contributed by atoms with E-state index in [1.165, 1.54) is 29.1 Å². The molecule has 0 radical (unpaired) electrons. The molecule has 110 valence electrons. The van der Waals surface area contributed by atoms with Crippen LogP contribution in [0.2, 0.25) is 0 Å². The highest BCUT2D eigenvalue weighted by Gasteiger charge is 2.36. The number of nitrogens with zero attached hydrogens (tertiary/aromatic N) is 2. The van der Waals surface area contributed by atoms with Crippen LogP contribution in [0, 0.1) is 6.92 Å². The van der Waals surface area contributed by atoms with Crippen molar-refractivity contribution in [1.82, 2.24) is 15.1 Å². The maximum absolute atomic E-state index is 12.2. The number of hydrogen-bond acceptors (Lipinski definition) is 4. The zero-order valence-electron chi connectivity index (χ0n) is 12.3. The molecule has 0 bridgehead atoms. The fourth-order valence-electron chi connectivity index (χ4n) is 3.35. The van der Waals surface area contributed by atoms with Gasteiger partial charge in [0.05, 0.1) is 6.54 Å². The molecule has 3 heterocycles. The summed E-state index contributed by atoms with van der Waals surface area (Å²) in [7, 11) is 0. The maximum atomic E-state index is 12.2. The van der Waals surface area contributed by atoms with E-state index in [-0.39, 0.29) is 12.1 Å². The molecule has 0 saturated carbocycles. The Morgan fingerprint density at radius 1 is 1.45 bits per heavy atom. The van der Waals surface area contributed by atoms with Crippen molar-refractivity contribution in [2.75, 3.05) is 26.2 Å². The minimum absolute atomic E-state index is 0.0838. The highest BCUT2D eigenvalue weighted by atomic mass is 32.1. The van der Waals surface area contributed by atoms with E-state index in [1.54, 1.807) is 11.3 Å². The van der Waals surface area contributed by atoms with Crippen LogP contribution in [-0.2, 0) is 4.79 Å². The molecular formula is C15H23N3OS. The quantitative estimate of drug-likeness (QED) is 0.922. The minimum Gasteiger partial charge on any atom is -0.319 e. The van der Waals surface area contributed by atoms with E-state index in [0.29, 0.717) is 12.6 Å². The fourth-order valence-corrected chi connectivity index (χ4v) is 4.31. The molecule has 20 heavy (non-hydrogen) atoms. The number of carbonyl (C=O) groups is 1. The number of amides is 1. The first-order valence-corrected chi connectivity index (χ1v) is 8.34. The summed E-state index contributed by atoms with van der Waals surface area (Å²) >= 11 is 1.79. The lowest BCUT2D eigenvalue weighted by Gasteiger charge is -2.30. The molecule has 2 saturated heterocycles. The molecule has 0 spiro atoms. The molecule has 1 aromatic heterocycles. The second-order valence-electron chi connectivity index (χ2n) is 5.70. The summed E-state index contributed by atoms with van der Waals surface area (Å²) in [5.74, 6) is 0.240. The van der Waals surface area contributed by atoms with Crippen LogP contribution in [0.5, 0.6) is 0 Å². The van der Waals surface area contributed by atoms with Crippen molar-refractivity contribution in [2.45, 2.75) is 38.9 Å². The number of aryl methyl sites for hydroxylation is 1. The van der Waals surface area contributed by atoms with E-state index in [0.717, 1.165) is 13.1 Å². The molecular weight excluding hydrogens is 270 g/mol. The van der Waals surface area contributed by atoms with Crippen LogP contribution in [-0.4, -0.2) is 47.9 Å². The smallest absolute Gasteiger partial charge is 0.238 e. The van der Waals surface area contributed by atoms with Gasteiger partial charge in [0.25, 0.3) is 0 Å². The number of thiophene rings is 1. The predicted molar refractivity (Wildman–Crippen MR) is 81.8 cm³/mol. The molecule has 4 nitrogen and oxygen atoms in total. The van der Waals surface area contributed by atoms with Crippen molar-refractivity contribution in [1.29, 1.82) is 0 Å². The topological polar surface area (TPSA) is 35.6 Å². The second-order valence-corrected chi connectivity index (χ2v) is 7.02. The molecule has 1 amide bonds. The Kier molecular flexibility index (Phi) is 4.10. The van der Waals surface area contributed by atoms with E-state index < -0.39 is 0 Å². The molecule has 2 aliphatic rings. The van der Waals surface area contributed by atoms with Gasteiger partial charge in [-0.3, -0.25) is 15.0 Å². The monoisotopic (exact) mass is 293 g/mol. The zero-order valence-corrected chi connectivity index (χ0v) is 13.1. The van der Waals surface area contributed by atoms with Crippen molar-refractivity contribution in [3.63, 3.8) is 0 Å². The third-order valence-electron chi connectivity index (χ3n) is 4.42. The largest absolute Gasteiger partial charge is 0.319 e. The number of carbonyl (C=O) groups excluding carboxylic acids is 1. The highest BCUT2D eigenvalue weighted by Crippen LogP contribution is 2.30. The lowest BCUT2D eigenvalue weighted by Crippen LogP contribution is -2.42. The van der Waals surface area contributed by atoms with Crippen molar-refractivity contribution in [2.24, 2.45) is 0 Å². The van der Waals surface area contributed by atoms with Gasteiger partial charge >= 0.3 is 0 Å². The molecule has 3 rings (SSSR count). The minimum atomic E-state index is 0.0838. The number of rotatable bonds is 4. The van der Waals surface area contributed by atoms with Crippen molar-refractivity contribution in [3.05, 3.63) is 21.9 Å². The third kappa shape index (κ3) is 2.62. The van der Waals surface area contributed by atoms with Crippen molar-refractivity contribution in [3.8, 4) is 0 Å². The first-order chi connectivity index (χ1) is 9.69. The predicted octanol–water partition coefficient (Wildman–Crippen LogP) is 1.97. The normalized spacial score (nSPS) is 27.7. The van der Waals surface area contributed by atoms with Crippen molar-refractivity contribution < 1.29 is 4.79 Å². The van der Waals surface area contributed by atoms with Crippen LogP contribution in [0.1, 0.15) is 35.7 Å². The van der Waals surface area contributed by atoms with E-state index >= 15 is 0 Å². The average Bonchev–Trinajstić information content (AvgIpc) is 3.12. The van der Waals surface area contributed by atoms with E-state index in [9.17, 15) is 4.79 Å². The lowest BCUT2D eigenvalue weighted by atomic mass is 10.2. The first-order valence-electron chi connectivity index (χ1n) is 7.52. The summed E-state index contributed by atoms with van der Waals surface area (Å²) in [4.78, 5) is 19.3. The van der Waals surface area contributed by atoms with Gasteiger partial charge in [0.15, 0.2) is 0 Å². The SMILES string of the molecule is CCN1CCCC1CN1C(=O)CNC1c1ccc(C)s1. The van der Waals surface area contributed by atoms with Crippen LogP contribution in [0.25, 0.3) is 0 Å². The van der Waals surface area contributed by atoms with Gasteiger partial charge in [-0.15, -0.1) is 11.3 Å². The van der Waals surface area contributed by atoms with E-state index in [4.69, 9.17) is 0 Å². The molecule has 0 aromatic carbocycles. The summed E-state index contributed by atoms with van der Waals surface area (Å²) in [6.45, 7) is 7.93. The van der Waals surface area contributed by atoms with Crippen LogP contribution < -0.4 is 5.32 Å². The second kappa shape index (κ2) is 5.84. The first kappa shape index (κ1) is 14.0. The molecule has 2 unspecified atom stereocenters. The molecule has 2 fully saturated rings. The molecule has 5 heteroatoms. The van der Waals surface area contributed by atoms with Gasteiger partial charge in [0.2, 0.25) is 5.91 Å². The number of hydrogen-bond donors (Lipinski definition) is 1. The van der Waals surface area contributed by atoms with Gasteiger partial charge in [-0.05, 0) is 45.0 Å². The Labute approximate surface area is 124 Å². The van der Waals surface area contributed by atoms with E-state index in [1.807, 2.05) is 4.90 Å². The van der Waals surface area contributed by atoms with Gasteiger partial charge in [-0.2, -0.15) is 0 Å². The summed E-state index contributed by atoms with van der Waals surface area (Å²) in [5.41, 5.74) is 0. The third-order valence-corrected chi connectivity index (χ3v) is 5.48. The Morgan fingerprint density at radius 2 is 2.30 bits per heavy atom. The maximum Gasteiger partial charge on any atom is 0.238 e. The summed E-state index contributed by atoms with van der Waals surface area (Å²) in [6.07, 6.45) is 2.56. The van der Waals surface area contributed by atoms with Crippen molar-refractivity contribution >= 4 is 17.2 Å². The zero-order chi connectivity index (χ0) is 14.1. The standard InChI is InChI=1S/C15H23N3OS/c1-3-17-8-4-5-12(17)10-18-14(19)9-16-15(18)13-7-6-11(2)20-13/h6-7,12,15-16H,3-5,8-10H2,1-2H3. The highest BCUT2D eigenvalue weighted by molar-refractivity contribution is 7.12.